The Labute approximate surface area is 137 Å². The highest BCUT2D eigenvalue weighted by Crippen LogP contribution is 2.17. The van der Waals surface area contributed by atoms with Gasteiger partial charge in [0.05, 0.1) is 11.9 Å². The third-order valence-electron chi connectivity index (χ3n) is 3.69. The second-order valence-corrected chi connectivity index (χ2v) is 6.29. The molecule has 0 saturated heterocycles. The van der Waals surface area contributed by atoms with E-state index in [2.05, 4.69) is 5.10 Å². The molecule has 0 aliphatic carbocycles. The molecule has 0 saturated carbocycles. The maximum absolute atomic E-state index is 12.8. The monoisotopic (exact) mass is 327 g/mol. The van der Waals surface area contributed by atoms with Crippen LogP contribution in [0.4, 0.5) is 0 Å². The second-order valence-electron chi connectivity index (χ2n) is 5.26. The lowest BCUT2D eigenvalue weighted by Crippen LogP contribution is -2.31. The van der Waals surface area contributed by atoms with E-state index in [1.807, 2.05) is 30.5 Å². The van der Waals surface area contributed by atoms with Gasteiger partial charge in [-0.1, -0.05) is 24.3 Å². The summed E-state index contributed by atoms with van der Waals surface area (Å²) in [6.45, 7) is 2.79. The van der Waals surface area contributed by atoms with Gasteiger partial charge in [0.1, 0.15) is 0 Å². The van der Waals surface area contributed by atoms with Gasteiger partial charge < -0.3 is 4.90 Å². The number of nitrogens with zero attached hydrogens (tertiary/aromatic N) is 3. The summed E-state index contributed by atoms with van der Waals surface area (Å²) in [5.41, 5.74) is 0.154. The molecular formula is C17H17N3O2S. The van der Waals surface area contributed by atoms with Gasteiger partial charge in [0.25, 0.3) is 11.5 Å². The van der Waals surface area contributed by atoms with Crippen LogP contribution in [0.3, 0.4) is 0 Å². The number of hydrogen-bond acceptors (Lipinski definition) is 4. The van der Waals surface area contributed by atoms with Crippen molar-refractivity contribution in [2.24, 2.45) is 0 Å². The van der Waals surface area contributed by atoms with Crippen LogP contribution in [0.1, 0.15) is 22.3 Å². The Bertz CT molecular complexity index is 900. The molecule has 5 nitrogen and oxygen atoms in total. The van der Waals surface area contributed by atoms with Crippen LogP contribution in [0, 0.1) is 0 Å². The third kappa shape index (κ3) is 2.90. The molecule has 0 aliphatic heterocycles. The molecule has 0 atom stereocenters. The van der Waals surface area contributed by atoms with Gasteiger partial charge in [0.15, 0.2) is 5.69 Å². The van der Waals surface area contributed by atoms with Crippen LogP contribution < -0.4 is 5.56 Å². The molecule has 2 heterocycles. The standard InChI is InChI=1S/C17H17N3O2S/c1-3-20-16(21)14-9-5-4-8-13(14)15(18-20)17(22)19(2)11-12-7-6-10-23-12/h4-10H,3,11H2,1-2H3. The number of carbonyl (C=O) groups is 1. The average Bonchev–Trinajstić information content (AvgIpc) is 3.08. The predicted octanol–water partition coefficient (Wildman–Crippen LogP) is 2.75. The largest absolute Gasteiger partial charge is 0.335 e. The van der Waals surface area contributed by atoms with E-state index in [4.69, 9.17) is 0 Å². The number of rotatable bonds is 4. The maximum Gasteiger partial charge on any atom is 0.275 e. The molecule has 0 bridgehead atoms. The Morgan fingerprint density at radius 3 is 2.61 bits per heavy atom. The molecule has 23 heavy (non-hydrogen) atoms. The normalized spacial score (nSPS) is 10.9. The summed E-state index contributed by atoms with van der Waals surface area (Å²) in [4.78, 5) is 27.9. The summed E-state index contributed by atoms with van der Waals surface area (Å²) in [6, 6.07) is 11.1. The smallest absolute Gasteiger partial charge is 0.275 e. The van der Waals surface area contributed by atoms with Gasteiger partial charge in [-0.05, 0) is 24.4 Å². The highest BCUT2D eigenvalue weighted by Gasteiger charge is 2.19. The average molecular weight is 327 g/mol. The summed E-state index contributed by atoms with van der Waals surface area (Å²) >= 11 is 1.61. The van der Waals surface area contributed by atoms with E-state index >= 15 is 0 Å². The number of aryl methyl sites for hydroxylation is 1. The third-order valence-corrected chi connectivity index (χ3v) is 4.55. The highest BCUT2D eigenvalue weighted by atomic mass is 32.1. The van der Waals surface area contributed by atoms with Crippen molar-refractivity contribution in [2.45, 2.75) is 20.0 Å². The minimum Gasteiger partial charge on any atom is -0.335 e. The topological polar surface area (TPSA) is 55.2 Å². The van der Waals surface area contributed by atoms with Crippen LogP contribution >= 0.6 is 11.3 Å². The summed E-state index contributed by atoms with van der Waals surface area (Å²) < 4.78 is 1.34. The Hall–Kier alpha value is -2.47. The first kappa shape index (κ1) is 15.4. The van der Waals surface area contributed by atoms with Crippen molar-refractivity contribution >= 4 is 28.0 Å². The summed E-state index contributed by atoms with van der Waals surface area (Å²) in [5.74, 6) is -0.184. The van der Waals surface area contributed by atoms with E-state index in [0.29, 0.717) is 29.6 Å². The van der Waals surface area contributed by atoms with E-state index in [1.54, 1.807) is 41.5 Å². The van der Waals surface area contributed by atoms with Gasteiger partial charge >= 0.3 is 0 Å². The fourth-order valence-electron chi connectivity index (χ4n) is 2.50. The molecule has 1 amide bonds. The first-order valence-electron chi connectivity index (χ1n) is 7.39. The molecular weight excluding hydrogens is 310 g/mol. The number of amides is 1. The van der Waals surface area contributed by atoms with Crippen molar-refractivity contribution in [1.82, 2.24) is 14.7 Å². The maximum atomic E-state index is 12.8. The second kappa shape index (κ2) is 6.34. The van der Waals surface area contributed by atoms with Gasteiger partial charge in [0, 0.05) is 23.9 Å². The van der Waals surface area contributed by atoms with Crippen molar-refractivity contribution in [3.8, 4) is 0 Å². The van der Waals surface area contributed by atoms with Gasteiger partial charge in [-0.25, -0.2) is 4.68 Å². The lowest BCUT2D eigenvalue weighted by atomic mass is 10.1. The fourth-order valence-corrected chi connectivity index (χ4v) is 3.25. The minimum atomic E-state index is -0.184. The van der Waals surface area contributed by atoms with Crippen molar-refractivity contribution in [3.05, 3.63) is 62.7 Å². The molecule has 3 aromatic rings. The van der Waals surface area contributed by atoms with Crippen molar-refractivity contribution in [3.63, 3.8) is 0 Å². The minimum absolute atomic E-state index is 0.166. The van der Waals surface area contributed by atoms with E-state index in [9.17, 15) is 9.59 Å². The van der Waals surface area contributed by atoms with Crippen LogP contribution in [0.5, 0.6) is 0 Å². The van der Waals surface area contributed by atoms with Gasteiger partial charge in [-0.15, -0.1) is 11.3 Å². The van der Waals surface area contributed by atoms with Crippen LogP contribution in [0.15, 0.2) is 46.6 Å². The summed E-state index contributed by atoms with van der Waals surface area (Å²) in [5, 5.41) is 7.40. The predicted molar refractivity (Wildman–Crippen MR) is 91.8 cm³/mol. The van der Waals surface area contributed by atoms with E-state index in [1.165, 1.54) is 4.68 Å². The summed E-state index contributed by atoms with van der Waals surface area (Å²) in [6.07, 6.45) is 0. The van der Waals surface area contributed by atoms with E-state index < -0.39 is 0 Å². The van der Waals surface area contributed by atoms with Crippen LogP contribution in [-0.4, -0.2) is 27.6 Å². The van der Waals surface area contributed by atoms with Crippen molar-refractivity contribution in [2.75, 3.05) is 7.05 Å². The molecule has 0 unspecified atom stereocenters. The van der Waals surface area contributed by atoms with Gasteiger partial charge in [0.2, 0.25) is 0 Å². The zero-order valence-corrected chi connectivity index (χ0v) is 13.8. The van der Waals surface area contributed by atoms with Gasteiger partial charge in [-0.2, -0.15) is 5.10 Å². The zero-order valence-electron chi connectivity index (χ0n) is 13.0. The molecule has 0 fully saturated rings. The number of carbonyl (C=O) groups excluding carboxylic acids is 1. The van der Waals surface area contributed by atoms with Crippen LogP contribution in [0.25, 0.3) is 10.8 Å². The fraction of sp³-hybridized carbons (Fsp3) is 0.235. The number of thiophene rings is 1. The molecule has 2 aromatic heterocycles. The molecule has 118 valence electrons. The zero-order chi connectivity index (χ0) is 16.4. The number of benzene rings is 1. The molecule has 0 spiro atoms. The molecule has 0 N–H and O–H groups in total. The van der Waals surface area contributed by atoms with Crippen molar-refractivity contribution < 1.29 is 4.79 Å². The number of hydrogen-bond donors (Lipinski definition) is 0. The summed E-state index contributed by atoms with van der Waals surface area (Å²) in [7, 11) is 1.75. The van der Waals surface area contributed by atoms with Crippen LogP contribution in [-0.2, 0) is 13.1 Å². The Morgan fingerprint density at radius 1 is 1.22 bits per heavy atom. The molecule has 1 aromatic carbocycles. The van der Waals surface area contributed by atoms with Crippen LogP contribution in [0.2, 0.25) is 0 Å². The molecule has 6 heteroatoms. The number of fused-ring (bicyclic) bond motifs is 1. The highest BCUT2D eigenvalue weighted by molar-refractivity contribution is 7.09. The van der Waals surface area contributed by atoms with Gasteiger partial charge in [-0.3, -0.25) is 9.59 Å². The quantitative estimate of drug-likeness (QED) is 0.740. The first-order valence-corrected chi connectivity index (χ1v) is 8.27. The number of aromatic nitrogens is 2. The lowest BCUT2D eigenvalue weighted by Gasteiger charge is -2.17. The Kier molecular flexibility index (Phi) is 4.25. The Morgan fingerprint density at radius 2 is 1.96 bits per heavy atom. The first-order chi connectivity index (χ1) is 11.1. The SMILES string of the molecule is CCn1nc(C(=O)N(C)Cc2cccs2)c2ccccc2c1=O. The lowest BCUT2D eigenvalue weighted by molar-refractivity contribution is 0.0780. The van der Waals surface area contributed by atoms with E-state index in [0.717, 1.165) is 4.88 Å². The van der Waals surface area contributed by atoms with Crippen molar-refractivity contribution in [1.29, 1.82) is 0 Å². The molecule has 3 rings (SSSR count). The molecule has 0 aliphatic rings. The Balaban J connectivity index is 2.06. The molecule has 0 radical (unpaired) electrons. The van der Waals surface area contributed by atoms with E-state index in [-0.39, 0.29) is 11.5 Å².